The zero-order valence-electron chi connectivity index (χ0n) is 15.6. The van der Waals surface area contributed by atoms with E-state index >= 15 is 0 Å². The molecule has 0 amide bonds. The minimum Gasteiger partial charge on any atom is -0.790 e. The van der Waals surface area contributed by atoms with Gasteiger partial charge in [0.1, 0.15) is 5.75 Å². The molecule has 0 saturated heterocycles. The maximum absolute atomic E-state index is 10.7. The largest absolute Gasteiger partial charge is 1.00 e. The Balaban J connectivity index is 0.00000156. The Morgan fingerprint density at radius 2 is 1.48 bits per heavy atom. The van der Waals surface area contributed by atoms with Crippen molar-refractivity contribution in [3.05, 3.63) is 29.3 Å². The fraction of sp³-hybridized carbons (Fsp3) is 0.647. The topological polar surface area (TPSA) is 81.7 Å². The van der Waals surface area contributed by atoms with Gasteiger partial charge >= 0.3 is 59.1 Å². The molecule has 2 aliphatic carbocycles. The number of ether oxygens (including phenoxy) is 1. The van der Waals surface area contributed by atoms with Gasteiger partial charge in [0.15, 0.2) is 6.79 Å². The SMILES string of the molecule is C[C@H](c1cccc([C@H](C)C2CC2)c1OCOP(=O)([O-])[O-])C1CC1.[Na+].[Na+]. The number of phosphoric acid groups is 1. The molecule has 0 bridgehead atoms. The molecule has 2 atom stereocenters. The van der Waals surface area contributed by atoms with Gasteiger partial charge in [-0.3, -0.25) is 0 Å². The van der Waals surface area contributed by atoms with Crippen molar-refractivity contribution in [3.63, 3.8) is 0 Å². The second-order valence-electron chi connectivity index (χ2n) is 6.86. The molecule has 0 N–H and O–H groups in total. The van der Waals surface area contributed by atoms with Crippen LogP contribution in [0.25, 0.3) is 0 Å². The van der Waals surface area contributed by atoms with Crippen molar-refractivity contribution in [3.8, 4) is 5.75 Å². The van der Waals surface area contributed by atoms with E-state index in [1.54, 1.807) is 0 Å². The van der Waals surface area contributed by atoms with Crippen LogP contribution in [0.1, 0.15) is 62.5 Å². The average Bonchev–Trinajstić information content (AvgIpc) is 3.38. The Hall–Kier alpha value is 1.13. The van der Waals surface area contributed by atoms with Gasteiger partial charge in [-0.05, 0) is 60.5 Å². The van der Waals surface area contributed by atoms with Gasteiger partial charge in [0, 0.05) is 0 Å². The molecule has 0 unspecified atom stereocenters. The van der Waals surface area contributed by atoms with E-state index in [1.807, 2.05) is 18.2 Å². The van der Waals surface area contributed by atoms with Crippen molar-refractivity contribution < 1.29 is 82.7 Å². The first-order valence-corrected chi connectivity index (χ1v) is 9.75. The van der Waals surface area contributed by atoms with Crippen LogP contribution in [0, 0.1) is 11.8 Å². The molecule has 5 nitrogen and oxygen atoms in total. The zero-order valence-corrected chi connectivity index (χ0v) is 20.5. The van der Waals surface area contributed by atoms with Crippen LogP contribution in [0.15, 0.2) is 18.2 Å². The van der Waals surface area contributed by atoms with E-state index in [1.165, 1.54) is 25.7 Å². The second kappa shape index (κ2) is 10.1. The molecule has 0 spiro atoms. The molecule has 0 aromatic heterocycles. The molecule has 1 aromatic carbocycles. The normalized spacial score (nSPS) is 19.4. The summed E-state index contributed by atoms with van der Waals surface area (Å²) < 4.78 is 20.6. The monoisotopic (exact) mass is 384 g/mol. The van der Waals surface area contributed by atoms with Crippen LogP contribution in [0.4, 0.5) is 0 Å². The van der Waals surface area contributed by atoms with Gasteiger partial charge in [0.2, 0.25) is 0 Å². The maximum atomic E-state index is 10.7. The Labute approximate surface area is 194 Å². The summed E-state index contributed by atoms with van der Waals surface area (Å²) in [6, 6.07) is 6.12. The van der Waals surface area contributed by atoms with Crippen LogP contribution in [-0.2, 0) is 9.09 Å². The number of rotatable bonds is 8. The molecule has 2 aliphatic rings. The van der Waals surface area contributed by atoms with Crippen molar-refractivity contribution in [1.29, 1.82) is 0 Å². The fourth-order valence-corrected chi connectivity index (χ4v) is 3.49. The summed E-state index contributed by atoms with van der Waals surface area (Å²) >= 11 is 0. The van der Waals surface area contributed by atoms with Crippen LogP contribution >= 0.6 is 7.82 Å². The van der Waals surface area contributed by atoms with Crippen LogP contribution in [-0.4, -0.2) is 6.79 Å². The van der Waals surface area contributed by atoms with Gasteiger partial charge in [-0.1, -0.05) is 32.0 Å². The maximum Gasteiger partial charge on any atom is 1.00 e. The Morgan fingerprint density at radius 3 is 1.84 bits per heavy atom. The van der Waals surface area contributed by atoms with E-state index in [0.717, 1.165) is 11.1 Å². The molecule has 25 heavy (non-hydrogen) atoms. The van der Waals surface area contributed by atoms with Gasteiger partial charge in [-0.2, -0.15) is 0 Å². The quantitative estimate of drug-likeness (QED) is 0.270. The van der Waals surface area contributed by atoms with E-state index in [4.69, 9.17) is 4.74 Å². The van der Waals surface area contributed by atoms with Crippen molar-refractivity contribution >= 4 is 7.82 Å². The van der Waals surface area contributed by atoms with Crippen LogP contribution in [0.5, 0.6) is 5.75 Å². The third kappa shape index (κ3) is 6.90. The number of hydrogen-bond acceptors (Lipinski definition) is 5. The summed E-state index contributed by atoms with van der Waals surface area (Å²) in [5.74, 6) is 2.76. The van der Waals surface area contributed by atoms with E-state index < -0.39 is 14.6 Å². The van der Waals surface area contributed by atoms with E-state index in [0.29, 0.717) is 29.4 Å². The Kier molecular flexibility index (Phi) is 9.73. The van der Waals surface area contributed by atoms with Gasteiger partial charge in [0.25, 0.3) is 0 Å². The predicted molar refractivity (Wildman–Crippen MR) is 82.9 cm³/mol. The molecule has 2 saturated carbocycles. The first-order valence-electron chi connectivity index (χ1n) is 8.29. The smallest absolute Gasteiger partial charge is 0.790 e. The van der Waals surface area contributed by atoms with Gasteiger partial charge < -0.3 is 23.6 Å². The van der Waals surface area contributed by atoms with E-state index in [9.17, 15) is 14.4 Å². The van der Waals surface area contributed by atoms with Gasteiger partial charge in [0.05, 0.1) is 7.82 Å². The summed E-state index contributed by atoms with van der Waals surface area (Å²) in [5.41, 5.74) is 2.18. The van der Waals surface area contributed by atoms with Crippen LogP contribution in [0.2, 0.25) is 0 Å². The second-order valence-corrected chi connectivity index (χ2v) is 8.01. The fourth-order valence-electron chi connectivity index (χ4n) is 3.31. The summed E-state index contributed by atoms with van der Waals surface area (Å²) in [6.45, 7) is 3.81. The standard InChI is InChI=1S/C17H25O5P.2Na/c1-11(13-6-7-13)15-4-3-5-16(12(2)14-8-9-14)17(15)21-10-22-23(18,19)20;;/h3-5,11-14H,6-10H2,1-2H3,(H2,18,19,20);;/q;2*+1/p-2/t11-,12+;;. The number of hydrogen-bond donors (Lipinski definition) is 0. The van der Waals surface area contributed by atoms with Crippen LogP contribution in [0.3, 0.4) is 0 Å². The molecule has 2 fully saturated rings. The third-order valence-electron chi connectivity index (χ3n) is 5.13. The number of para-hydroxylation sites is 1. The van der Waals surface area contributed by atoms with Crippen molar-refractivity contribution in [2.45, 2.75) is 51.4 Å². The zero-order chi connectivity index (χ0) is 16.6. The summed E-state index contributed by atoms with van der Waals surface area (Å²) in [6.07, 6.45) is 4.87. The number of benzene rings is 1. The van der Waals surface area contributed by atoms with Crippen molar-refractivity contribution in [1.82, 2.24) is 0 Å². The minimum atomic E-state index is -5.02. The first-order chi connectivity index (χ1) is 10.9. The molecule has 1 aromatic rings. The van der Waals surface area contributed by atoms with E-state index in [2.05, 4.69) is 18.4 Å². The molecule has 128 valence electrons. The molecular weight excluding hydrogens is 361 g/mol. The predicted octanol–water partition coefficient (Wildman–Crippen LogP) is -3.10. The Morgan fingerprint density at radius 1 is 1.04 bits per heavy atom. The molecule has 3 rings (SSSR count). The molecular formula is C17H23Na2O5P. The molecule has 8 heteroatoms. The number of phosphoric ester groups is 1. The van der Waals surface area contributed by atoms with Gasteiger partial charge in [-0.25, -0.2) is 0 Å². The molecule has 0 aliphatic heterocycles. The van der Waals surface area contributed by atoms with Crippen LogP contribution < -0.4 is 73.6 Å². The average molecular weight is 384 g/mol. The molecule has 0 heterocycles. The minimum absolute atomic E-state index is 0. The summed E-state index contributed by atoms with van der Waals surface area (Å²) in [5, 5.41) is 0. The van der Waals surface area contributed by atoms with E-state index in [-0.39, 0.29) is 59.1 Å². The van der Waals surface area contributed by atoms with Gasteiger partial charge in [-0.15, -0.1) is 0 Å². The Bertz CT molecular complexity index is 577. The van der Waals surface area contributed by atoms with Crippen molar-refractivity contribution in [2.75, 3.05) is 6.79 Å². The molecule has 0 radical (unpaired) electrons. The summed E-state index contributed by atoms with van der Waals surface area (Å²) in [4.78, 5) is 21.3. The third-order valence-corrected chi connectivity index (χ3v) is 5.55. The first kappa shape index (κ1) is 24.2. The summed E-state index contributed by atoms with van der Waals surface area (Å²) in [7, 11) is -5.02. The van der Waals surface area contributed by atoms with Crippen molar-refractivity contribution in [2.24, 2.45) is 11.8 Å².